The Hall–Kier alpha value is -2.95. The van der Waals surface area contributed by atoms with Gasteiger partial charge in [-0.2, -0.15) is 0 Å². The number of hydrogen-bond donors (Lipinski definition) is 2. The van der Waals surface area contributed by atoms with Gasteiger partial charge >= 0.3 is 0 Å². The second-order valence-corrected chi connectivity index (χ2v) is 4.48. The number of methoxy groups -OCH3 is 2. The summed E-state index contributed by atoms with van der Waals surface area (Å²) in [4.78, 5) is 11.9. The minimum Gasteiger partial charge on any atom is -0.508 e. The number of ether oxygens (including phenoxy) is 2. The van der Waals surface area contributed by atoms with E-state index in [1.54, 1.807) is 44.6 Å². The Morgan fingerprint density at radius 3 is 2.45 bits per heavy atom. The fourth-order valence-electron chi connectivity index (χ4n) is 1.85. The number of benzene rings is 2. The van der Waals surface area contributed by atoms with E-state index >= 15 is 0 Å². The zero-order chi connectivity index (χ0) is 15.9. The molecule has 2 rings (SSSR count). The van der Waals surface area contributed by atoms with Gasteiger partial charge in [-0.15, -0.1) is 0 Å². The first kappa shape index (κ1) is 15.4. The zero-order valence-electron chi connectivity index (χ0n) is 12.4. The van der Waals surface area contributed by atoms with Crippen LogP contribution in [0.4, 0.5) is 5.69 Å². The highest BCUT2D eigenvalue weighted by Gasteiger charge is 2.03. The van der Waals surface area contributed by atoms with Crippen LogP contribution in [-0.4, -0.2) is 25.2 Å². The predicted octanol–water partition coefficient (Wildman–Crippen LogP) is 3.06. The van der Waals surface area contributed by atoms with Crippen LogP contribution in [0.3, 0.4) is 0 Å². The SMILES string of the molecule is COc1ccc(/C=C/C(=O)Nc2ccc(O)cc2)c(OC)c1. The van der Waals surface area contributed by atoms with Crippen molar-refractivity contribution in [2.45, 2.75) is 0 Å². The van der Waals surface area contributed by atoms with E-state index in [-0.39, 0.29) is 11.7 Å². The standard InChI is InChI=1S/C17H17NO4/c1-21-15-9-3-12(16(11-15)22-2)4-10-17(20)18-13-5-7-14(19)8-6-13/h3-11,19H,1-2H3,(H,18,20)/b10-4+. The molecule has 0 saturated carbocycles. The average molecular weight is 299 g/mol. The molecule has 0 atom stereocenters. The molecule has 5 heteroatoms. The van der Waals surface area contributed by atoms with Gasteiger partial charge in [0.2, 0.25) is 5.91 Å². The predicted molar refractivity (Wildman–Crippen MR) is 85.3 cm³/mol. The highest BCUT2D eigenvalue weighted by molar-refractivity contribution is 6.02. The van der Waals surface area contributed by atoms with Gasteiger partial charge in [0, 0.05) is 23.4 Å². The quantitative estimate of drug-likeness (QED) is 0.657. The lowest BCUT2D eigenvalue weighted by Crippen LogP contribution is -2.07. The molecule has 0 unspecified atom stereocenters. The Morgan fingerprint density at radius 1 is 1.09 bits per heavy atom. The van der Waals surface area contributed by atoms with Crippen molar-refractivity contribution in [1.29, 1.82) is 0 Å². The summed E-state index contributed by atoms with van der Waals surface area (Å²) in [6, 6.07) is 11.6. The first-order chi connectivity index (χ1) is 10.6. The van der Waals surface area contributed by atoms with Gasteiger partial charge in [-0.25, -0.2) is 0 Å². The maximum absolute atomic E-state index is 11.9. The van der Waals surface area contributed by atoms with Crippen LogP contribution in [0.5, 0.6) is 17.2 Å². The van der Waals surface area contributed by atoms with E-state index in [0.717, 1.165) is 5.56 Å². The summed E-state index contributed by atoms with van der Waals surface area (Å²) in [6.07, 6.45) is 3.07. The monoisotopic (exact) mass is 299 g/mol. The maximum Gasteiger partial charge on any atom is 0.248 e. The summed E-state index contributed by atoms with van der Waals surface area (Å²) in [6.45, 7) is 0. The topological polar surface area (TPSA) is 67.8 Å². The molecule has 0 heterocycles. The van der Waals surface area contributed by atoms with E-state index in [1.165, 1.54) is 18.2 Å². The van der Waals surface area contributed by atoms with Gasteiger partial charge in [-0.3, -0.25) is 4.79 Å². The summed E-state index contributed by atoms with van der Waals surface area (Å²) < 4.78 is 10.4. The van der Waals surface area contributed by atoms with Gasteiger partial charge in [0.15, 0.2) is 0 Å². The van der Waals surface area contributed by atoms with Crippen molar-refractivity contribution in [2.24, 2.45) is 0 Å². The van der Waals surface area contributed by atoms with E-state index in [1.807, 2.05) is 6.07 Å². The first-order valence-corrected chi connectivity index (χ1v) is 6.62. The molecular formula is C17H17NO4. The summed E-state index contributed by atoms with van der Waals surface area (Å²) in [7, 11) is 3.14. The van der Waals surface area contributed by atoms with Crippen LogP contribution in [0.1, 0.15) is 5.56 Å². The highest BCUT2D eigenvalue weighted by Crippen LogP contribution is 2.25. The molecule has 0 saturated heterocycles. The molecule has 1 amide bonds. The van der Waals surface area contributed by atoms with Crippen molar-refractivity contribution in [3.8, 4) is 17.2 Å². The lowest BCUT2D eigenvalue weighted by atomic mass is 10.1. The van der Waals surface area contributed by atoms with Gasteiger partial charge in [-0.05, 0) is 42.5 Å². The van der Waals surface area contributed by atoms with E-state index in [9.17, 15) is 9.90 Å². The number of amides is 1. The Kier molecular flexibility index (Phi) is 5.03. The number of phenolic OH excluding ortho intramolecular Hbond substituents is 1. The lowest BCUT2D eigenvalue weighted by molar-refractivity contribution is -0.111. The van der Waals surface area contributed by atoms with Crippen molar-refractivity contribution in [3.63, 3.8) is 0 Å². The second kappa shape index (κ2) is 7.17. The van der Waals surface area contributed by atoms with Crippen LogP contribution in [0.2, 0.25) is 0 Å². The largest absolute Gasteiger partial charge is 0.508 e. The Labute approximate surface area is 128 Å². The molecule has 0 radical (unpaired) electrons. The van der Waals surface area contributed by atoms with E-state index in [0.29, 0.717) is 17.2 Å². The van der Waals surface area contributed by atoms with Crippen LogP contribution in [0.25, 0.3) is 6.08 Å². The zero-order valence-corrected chi connectivity index (χ0v) is 12.4. The summed E-state index contributed by atoms with van der Waals surface area (Å²) >= 11 is 0. The van der Waals surface area contributed by atoms with Crippen molar-refractivity contribution in [2.75, 3.05) is 19.5 Å². The Bertz CT molecular complexity index is 678. The molecular weight excluding hydrogens is 282 g/mol. The van der Waals surface area contributed by atoms with Crippen molar-refractivity contribution in [1.82, 2.24) is 0 Å². The lowest BCUT2D eigenvalue weighted by Gasteiger charge is -2.07. The molecule has 2 N–H and O–H groups in total. The summed E-state index contributed by atoms with van der Waals surface area (Å²) in [5.74, 6) is 1.18. The maximum atomic E-state index is 11.9. The fourth-order valence-corrected chi connectivity index (χ4v) is 1.85. The molecule has 0 aliphatic carbocycles. The molecule has 22 heavy (non-hydrogen) atoms. The third-order valence-electron chi connectivity index (χ3n) is 2.99. The van der Waals surface area contributed by atoms with Crippen LogP contribution < -0.4 is 14.8 Å². The number of phenols is 1. The van der Waals surface area contributed by atoms with Gasteiger partial charge < -0.3 is 19.9 Å². The van der Waals surface area contributed by atoms with Crippen molar-refractivity contribution in [3.05, 3.63) is 54.1 Å². The number of carbonyl (C=O) groups is 1. The first-order valence-electron chi connectivity index (χ1n) is 6.62. The molecule has 0 bridgehead atoms. The smallest absolute Gasteiger partial charge is 0.248 e. The van der Waals surface area contributed by atoms with Gasteiger partial charge in [0.25, 0.3) is 0 Å². The minimum atomic E-state index is -0.274. The molecule has 2 aromatic rings. The van der Waals surface area contributed by atoms with E-state index < -0.39 is 0 Å². The van der Waals surface area contributed by atoms with Gasteiger partial charge in [-0.1, -0.05) is 0 Å². The Balaban J connectivity index is 2.07. The van der Waals surface area contributed by atoms with Gasteiger partial charge in [0.05, 0.1) is 14.2 Å². The second-order valence-electron chi connectivity index (χ2n) is 4.48. The Morgan fingerprint density at radius 2 is 1.82 bits per heavy atom. The fraction of sp³-hybridized carbons (Fsp3) is 0.118. The molecule has 0 aliphatic heterocycles. The van der Waals surface area contributed by atoms with Crippen LogP contribution in [0, 0.1) is 0 Å². The average Bonchev–Trinajstić information content (AvgIpc) is 2.55. The number of aromatic hydroxyl groups is 1. The number of hydrogen-bond acceptors (Lipinski definition) is 4. The molecule has 5 nitrogen and oxygen atoms in total. The minimum absolute atomic E-state index is 0.150. The highest BCUT2D eigenvalue weighted by atomic mass is 16.5. The van der Waals surface area contributed by atoms with E-state index in [4.69, 9.17) is 9.47 Å². The number of anilines is 1. The summed E-state index contributed by atoms with van der Waals surface area (Å²) in [5, 5.41) is 11.9. The number of nitrogens with one attached hydrogen (secondary N) is 1. The van der Waals surface area contributed by atoms with Crippen LogP contribution in [-0.2, 0) is 4.79 Å². The normalized spacial score (nSPS) is 10.5. The number of rotatable bonds is 5. The van der Waals surface area contributed by atoms with Crippen LogP contribution >= 0.6 is 0 Å². The van der Waals surface area contributed by atoms with Crippen molar-refractivity contribution >= 4 is 17.7 Å². The third-order valence-corrected chi connectivity index (χ3v) is 2.99. The molecule has 0 spiro atoms. The molecule has 0 fully saturated rings. The van der Waals surface area contributed by atoms with Crippen LogP contribution in [0.15, 0.2) is 48.5 Å². The van der Waals surface area contributed by atoms with E-state index in [2.05, 4.69) is 5.32 Å². The molecule has 0 aliphatic rings. The van der Waals surface area contributed by atoms with Crippen molar-refractivity contribution < 1.29 is 19.4 Å². The third kappa shape index (κ3) is 4.02. The summed E-state index contributed by atoms with van der Waals surface area (Å²) in [5.41, 5.74) is 1.37. The van der Waals surface area contributed by atoms with Gasteiger partial charge in [0.1, 0.15) is 17.2 Å². The molecule has 0 aromatic heterocycles. The molecule has 2 aromatic carbocycles. The number of carbonyl (C=O) groups excluding carboxylic acids is 1. The molecule has 114 valence electrons.